The molecule has 0 aliphatic heterocycles. The first-order valence-corrected chi connectivity index (χ1v) is 14.3. The molecule has 0 aliphatic rings. The third-order valence-electron chi connectivity index (χ3n) is 5.97. The zero-order valence-corrected chi connectivity index (χ0v) is 26.9. The van der Waals surface area contributed by atoms with E-state index in [2.05, 4.69) is 104 Å². The molecule has 0 nitrogen and oxygen atoms in total. The van der Waals surface area contributed by atoms with Crippen molar-refractivity contribution in [3.63, 3.8) is 0 Å². The molecule has 0 spiro atoms. The molecular weight excluding hydrogens is 468 g/mol. The maximum atomic E-state index is 3.91. The van der Waals surface area contributed by atoms with Gasteiger partial charge in [0.05, 0.1) is 0 Å². The average molecular weight is 541 g/mol. The number of allylic oxidation sites excluding steroid dienone is 4. The van der Waals surface area contributed by atoms with Crippen molar-refractivity contribution in [2.24, 2.45) is 0 Å². The Kier molecular flexibility index (Phi) is 38.4. The summed E-state index contributed by atoms with van der Waals surface area (Å²) in [4.78, 5) is 0. The molecule has 0 heteroatoms. The first-order valence-electron chi connectivity index (χ1n) is 14.3. The fraction of sp³-hybridized carbons (Fsp3) is 0.538. The largest absolute Gasteiger partial charge is 0.0958 e. The van der Waals surface area contributed by atoms with Crippen LogP contribution in [0.2, 0.25) is 0 Å². The van der Waals surface area contributed by atoms with Gasteiger partial charge < -0.3 is 0 Å². The molecule has 0 amide bonds. The zero-order chi connectivity index (χ0) is 28.8. The lowest BCUT2D eigenvalue weighted by Gasteiger charge is -2.17. The molecule has 0 unspecified atom stereocenters. The van der Waals surface area contributed by atoms with Crippen LogP contribution in [0.25, 0.3) is 11.6 Å². The SMILES string of the molecule is C.C.C.C=C(C)/C(C)=C/c1ccccc1C.CC.CC.CC.CCC/C(C)=C(\CC)c1c(C)ccc(C)c1C. The van der Waals surface area contributed by atoms with Crippen LogP contribution in [0.4, 0.5) is 0 Å². The smallest absolute Gasteiger partial charge is 0.0164 e. The Hall–Kier alpha value is -2.34. The van der Waals surface area contributed by atoms with Crippen molar-refractivity contribution in [1.82, 2.24) is 0 Å². The van der Waals surface area contributed by atoms with Crippen LogP contribution in [-0.4, -0.2) is 0 Å². The van der Waals surface area contributed by atoms with Crippen LogP contribution in [0.15, 0.2) is 59.7 Å². The minimum Gasteiger partial charge on any atom is -0.0958 e. The van der Waals surface area contributed by atoms with Gasteiger partial charge in [-0.3, -0.25) is 0 Å². The van der Waals surface area contributed by atoms with E-state index in [1.165, 1.54) is 51.8 Å². The van der Waals surface area contributed by atoms with Crippen LogP contribution in [0.5, 0.6) is 0 Å². The summed E-state index contributed by atoms with van der Waals surface area (Å²) < 4.78 is 0. The van der Waals surface area contributed by atoms with Gasteiger partial charge in [0, 0.05) is 0 Å². The summed E-state index contributed by atoms with van der Waals surface area (Å²) in [5.41, 5.74) is 13.9. The maximum absolute atomic E-state index is 3.91. The van der Waals surface area contributed by atoms with Crippen molar-refractivity contribution in [2.45, 2.75) is 145 Å². The highest BCUT2D eigenvalue weighted by molar-refractivity contribution is 5.73. The quantitative estimate of drug-likeness (QED) is 0.320. The second-order valence-corrected chi connectivity index (χ2v) is 8.53. The predicted octanol–water partition coefficient (Wildman–Crippen LogP) is 14.6. The zero-order valence-electron chi connectivity index (χ0n) is 26.9. The monoisotopic (exact) mass is 541 g/mol. The van der Waals surface area contributed by atoms with Gasteiger partial charge in [0.1, 0.15) is 0 Å². The third-order valence-corrected chi connectivity index (χ3v) is 5.97. The van der Waals surface area contributed by atoms with Crippen LogP contribution in [-0.2, 0) is 0 Å². The van der Waals surface area contributed by atoms with Crippen molar-refractivity contribution in [3.05, 3.63) is 93.1 Å². The average Bonchev–Trinajstić information content (AvgIpc) is 2.89. The molecule has 2 rings (SSSR count). The summed E-state index contributed by atoms with van der Waals surface area (Å²) >= 11 is 0. The fourth-order valence-corrected chi connectivity index (χ4v) is 3.74. The standard InChI is InChI=1S/C17H26.C13H16.3C2H6.3CH4/c1-7-9-13(4)16(8-2)17-14(5)11-10-12(3)15(17)6;1-10(2)12(4)9-13-8-6-5-7-11(13)3;3*1-2;;;/h10-11H,7-9H2,1-6H3;5-9H,1H2,2-4H3;3*1-2H3;3*1H4/b16-13+;12-9+;;;;;;. The fourth-order valence-electron chi connectivity index (χ4n) is 3.74. The normalized spacial score (nSPS) is 9.77. The van der Waals surface area contributed by atoms with E-state index in [9.17, 15) is 0 Å². The van der Waals surface area contributed by atoms with E-state index < -0.39 is 0 Å². The first kappa shape index (κ1) is 49.6. The first-order chi connectivity index (χ1) is 17.1. The Morgan fingerprint density at radius 3 is 1.56 bits per heavy atom. The molecule has 2 aromatic carbocycles. The van der Waals surface area contributed by atoms with Crippen molar-refractivity contribution >= 4 is 11.6 Å². The summed E-state index contributed by atoms with van der Waals surface area (Å²) in [6.07, 6.45) is 5.77. The molecule has 0 atom stereocenters. The van der Waals surface area contributed by atoms with Crippen LogP contribution >= 0.6 is 0 Å². The molecular formula is C39H72. The third kappa shape index (κ3) is 18.6. The van der Waals surface area contributed by atoms with Gasteiger partial charge in [-0.05, 0) is 106 Å². The van der Waals surface area contributed by atoms with E-state index in [4.69, 9.17) is 0 Å². The molecule has 2 aromatic rings. The molecule has 0 bridgehead atoms. The topological polar surface area (TPSA) is 0 Å². The van der Waals surface area contributed by atoms with Gasteiger partial charge >= 0.3 is 0 Å². The van der Waals surface area contributed by atoms with Crippen LogP contribution < -0.4 is 0 Å². The molecule has 0 aromatic heterocycles. The van der Waals surface area contributed by atoms with E-state index in [-0.39, 0.29) is 22.3 Å². The number of benzene rings is 2. The number of hydrogen-bond donors (Lipinski definition) is 0. The molecule has 0 saturated carbocycles. The van der Waals surface area contributed by atoms with Gasteiger partial charge in [0.25, 0.3) is 0 Å². The molecule has 0 aliphatic carbocycles. The maximum Gasteiger partial charge on any atom is -0.0164 e. The number of hydrogen-bond acceptors (Lipinski definition) is 0. The second-order valence-electron chi connectivity index (χ2n) is 8.53. The summed E-state index contributed by atoms with van der Waals surface area (Å²) in [5, 5.41) is 0. The van der Waals surface area contributed by atoms with Gasteiger partial charge in [-0.2, -0.15) is 0 Å². The molecule has 0 heterocycles. The predicted molar refractivity (Wildman–Crippen MR) is 192 cm³/mol. The Labute approximate surface area is 249 Å². The van der Waals surface area contributed by atoms with Gasteiger partial charge in [-0.15, -0.1) is 0 Å². The minimum absolute atomic E-state index is 0. The highest BCUT2D eigenvalue weighted by atomic mass is 14.2. The molecule has 0 fully saturated rings. The Morgan fingerprint density at radius 1 is 0.692 bits per heavy atom. The van der Waals surface area contributed by atoms with Crippen molar-refractivity contribution in [2.75, 3.05) is 0 Å². The lowest BCUT2D eigenvalue weighted by molar-refractivity contribution is 0.900. The molecule has 39 heavy (non-hydrogen) atoms. The van der Waals surface area contributed by atoms with Crippen molar-refractivity contribution in [1.29, 1.82) is 0 Å². The van der Waals surface area contributed by atoms with Gasteiger partial charge in [0.2, 0.25) is 0 Å². The minimum atomic E-state index is 0. The number of aryl methyl sites for hydroxylation is 3. The number of rotatable bonds is 6. The van der Waals surface area contributed by atoms with Gasteiger partial charge in [-0.1, -0.05) is 144 Å². The van der Waals surface area contributed by atoms with Crippen molar-refractivity contribution < 1.29 is 0 Å². The van der Waals surface area contributed by atoms with E-state index in [0.29, 0.717) is 0 Å². The van der Waals surface area contributed by atoms with E-state index in [1.807, 2.05) is 48.5 Å². The lowest BCUT2D eigenvalue weighted by atomic mass is 9.88. The van der Waals surface area contributed by atoms with E-state index in [1.54, 1.807) is 11.1 Å². The van der Waals surface area contributed by atoms with Crippen LogP contribution in [0, 0.1) is 27.7 Å². The highest BCUT2D eigenvalue weighted by Crippen LogP contribution is 2.31. The van der Waals surface area contributed by atoms with E-state index in [0.717, 1.165) is 12.0 Å². The lowest BCUT2D eigenvalue weighted by Crippen LogP contribution is -1.98. The van der Waals surface area contributed by atoms with E-state index >= 15 is 0 Å². The summed E-state index contributed by atoms with van der Waals surface area (Å²) in [6, 6.07) is 12.9. The Bertz CT molecular complexity index is 919. The molecule has 0 radical (unpaired) electrons. The molecule has 228 valence electrons. The molecule has 0 saturated heterocycles. The second kappa shape index (κ2) is 30.2. The Balaban J connectivity index is -0.000000112. The van der Waals surface area contributed by atoms with Crippen molar-refractivity contribution in [3.8, 4) is 0 Å². The summed E-state index contributed by atoms with van der Waals surface area (Å²) in [5.74, 6) is 0. The van der Waals surface area contributed by atoms with Crippen LogP contribution in [0.3, 0.4) is 0 Å². The molecule has 0 N–H and O–H groups in total. The summed E-state index contributed by atoms with van der Waals surface area (Å²) in [7, 11) is 0. The highest BCUT2D eigenvalue weighted by Gasteiger charge is 2.11. The van der Waals surface area contributed by atoms with Gasteiger partial charge in [-0.25, -0.2) is 0 Å². The van der Waals surface area contributed by atoms with Crippen LogP contribution in [0.1, 0.15) is 151 Å². The van der Waals surface area contributed by atoms with Gasteiger partial charge in [0.15, 0.2) is 0 Å². The summed E-state index contributed by atoms with van der Waals surface area (Å²) in [6.45, 7) is 35.7. The Morgan fingerprint density at radius 2 is 1.15 bits per heavy atom.